The van der Waals surface area contributed by atoms with E-state index >= 15 is 0 Å². The molecule has 0 aromatic carbocycles. The molecule has 2 N–H and O–H groups in total. The van der Waals surface area contributed by atoms with Gasteiger partial charge < -0.3 is 10.5 Å². The van der Waals surface area contributed by atoms with Crippen molar-refractivity contribution in [3.05, 3.63) is 18.1 Å². The van der Waals surface area contributed by atoms with Crippen LogP contribution in [0.3, 0.4) is 0 Å². The summed E-state index contributed by atoms with van der Waals surface area (Å²) in [5.41, 5.74) is 6.19. The molecule has 1 heterocycles. The van der Waals surface area contributed by atoms with E-state index in [1.54, 1.807) is 12.4 Å². The van der Waals surface area contributed by atoms with Crippen LogP contribution in [0.1, 0.15) is 25.0 Å². The molecule has 1 aromatic heterocycles. The monoisotopic (exact) mass is 179 g/mol. The molecule has 0 spiro atoms. The molecule has 0 amide bonds. The Kier molecular flexibility index (Phi) is 2.40. The Hall–Kier alpha value is -1.16. The lowest BCUT2D eigenvalue weighted by atomic mass is 9.96. The zero-order chi connectivity index (χ0) is 9.10. The van der Waals surface area contributed by atoms with Crippen molar-refractivity contribution in [2.75, 3.05) is 0 Å². The molecule has 0 radical (unpaired) electrons. The molecule has 1 aliphatic rings. The van der Waals surface area contributed by atoms with E-state index in [1.807, 2.05) is 0 Å². The average molecular weight is 179 g/mol. The standard InChI is InChI=1S/C9H13N3O/c10-4-7-5-12-9(6-11-7)13-8-2-1-3-8/h5-6,8H,1-4,10H2. The Morgan fingerprint density at radius 1 is 1.38 bits per heavy atom. The first kappa shape index (κ1) is 8.44. The van der Waals surface area contributed by atoms with E-state index in [9.17, 15) is 0 Å². The highest BCUT2D eigenvalue weighted by Crippen LogP contribution is 2.23. The fraction of sp³-hybridized carbons (Fsp3) is 0.556. The maximum atomic E-state index is 5.54. The molecule has 2 rings (SSSR count). The first-order valence-electron chi connectivity index (χ1n) is 4.56. The summed E-state index contributed by atoms with van der Waals surface area (Å²) in [6, 6.07) is 0. The van der Waals surface area contributed by atoms with E-state index in [0.717, 1.165) is 18.5 Å². The van der Waals surface area contributed by atoms with Crippen molar-refractivity contribution in [2.24, 2.45) is 5.73 Å². The van der Waals surface area contributed by atoms with Crippen LogP contribution >= 0.6 is 0 Å². The van der Waals surface area contributed by atoms with Crippen LogP contribution in [0.5, 0.6) is 5.88 Å². The summed E-state index contributed by atoms with van der Waals surface area (Å²) in [6.07, 6.45) is 7.20. The number of rotatable bonds is 3. The van der Waals surface area contributed by atoms with Crippen molar-refractivity contribution in [2.45, 2.75) is 31.9 Å². The third-order valence-corrected chi connectivity index (χ3v) is 2.23. The molecule has 0 saturated heterocycles. The van der Waals surface area contributed by atoms with Crippen LogP contribution < -0.4 is 10.5 Å². The molecule has 4 nitrogen and oxygen atoms in total. The van der Waals surface area contributed by atoms with Crippen molar-refractivity contribution in [3.63, 3.8) is 0 Å². The van der Waals surface area contributed by atoms with E-state index in [-0.39, 0.29) is 0 Å². The third kappa shape index (κ3) is 1.95. The first-order valence-corrected chi connectivity index (χ1v) is 4.56. The second kappa shape index (κ2) is 3.70. The average Bonchev–Trinajstić information content (AvgIpc) is 2.12. The zero-order valence-electron chi connectivity index (χ0n) is 7.44. The molecular weight excluding hydrogens is 166 g/mol. The van der Waals surface area contributed by atoms with Crippen LogP contribution in [0.25, 0.3) is 0 Å². The van der Waals surface area contributed by atoms with E-state index in [2.05, 4.69) is 9.97 Å². The summed E-state index contributed by atoms with van der Waals surface area (Å²) in [4.78, 5) is 8.20. The van der Waals surface area contributed by atoms with Crippen molar-refractivity contribution in [3.8, 4) is 5.88 Å². The van der Waals surface area contributed by atoms with Crippen LogP contribution in [-0.4, -0.2) is 16.1 Å². The first-order chi connectivity index (χ1) is 6.38. The van der Waals surface area contributed by atoms with Crippen LogP contribution in [-0.2, 0) is 6.54 Å². The Morgan fingerprint density at radius 2 is 2.23 bits per heavy atom. The van der Waals surface area contributed by atoms with Crippen molar-refractivity contribution in [1.29, 1.82) is 0 Å². The van der Waals surface area contributed by atoms with Gasteiger partial charge in [0.2, 0.25) is 5.88 Å². The van der Waals surface area contributed by atoms with Gasteiger partial charge in [-0.1, -0.05) is 0 Å². The van der Waals surface area contributed by atoms with Gasteiger partial charge in [0.05, 0.1) is 18.1 Å². The van der Waals surface area contributed by atoms with Gasteiger partial charge in [-0.2, -0.15) is 0 Å². The number of hydrogen-bond acceptors (Lipinski definition) is 4. The lowest BCUT2D eigenvalue weighted by molar-refractivity contribution is 0.114. The second-order valence-corrected chi connectivity index (χ2v) is 3.22. The molecule has 1 aliphatic carbocycles. The minimum absolute atomic E-state index is 0.359. The van der Waals surface area contributed by atoms with Crippen molar-refractivity contribution in [1.82, 2.24) is 9.97 Å². The number of nitrogens with zero attached hydrogens (tertiary/aromatic N) is 2. The highest BCUT2D eigenvalue weighted by Gasteiger charge is 2.19. The van der Waals surface area contributed by atoms with Gasteiger partial charge >= 0.3 is 0 Å². The molecule has 0 unspecified atom stereocenters. The lowest BCUT2D eigenvalue weighted by Gasteiger charge is -2.25. The topological polar surface area (TPSA) is 61.0 Å². The molecule has 4 heteroatoms. The van der Waals surface area contributed by atoms with E-state index in [1.165, 1.54) is 6.42 Å². The summed E-state index contributed by atoms with van der Waals surface area (Å²) >= 11 is 0. The summed E-state index contributed by atoms with van der Waals surface area (Å²) in [7, 11) is 0. The summed E-state index contributed by atoms with van der Waals surface area (Å²) in [5, 5.41) is 0. The molecule has 1 fully saturated rings. The minimum Gasteiger partial charge on any atom is -0.473 e. The van der Waals surface area contributed by atoms with Gasteiger partial charge in [-0.25, -0.2) is 4.98 Å². The minimum atomic E-state index is 0.359. The van der Waals surface area contributed by atoms with Gasteiger partial charge in [-0.15, -0.1) is 0 Å². The Labute approximate surface area is 77.1 Å². The number of hydrogen-bond donors (Lipinski definition) is 1. The highest BCUT2D eigenvalue weighted by molar-refractivity contribution is 5.07. The molecule has 70 valence electrons. The molecule has 0 aliphatic heterocycles. The second-order valence-electron chi connectivity index (χ2n) is 3.22. The van der Waals surface area contributed by atoms with Crippen LogP contribution in [0.4, 0.5) is 0 Å². The largest absolute Gasteiger partial charge is 0.473 e. The maximum absolute atomic E-state index is 5.54. The van der Waals surface area contributed by atoms with Gasteiger partial charge in [0.1, 0.15) is 6.10 Å². The maximum Gasteiger partial charge on any atom is 0.232 e. The molecule has 1 saturated carbocycles. The Morgan fingerprint density at radius 3 is 2.69 bits per heavy atom. The number of nitrogens with two attached hydrogens (primary N) is 1. The van der Waals surface area contributed by atoms with Crippen molar-refractivity contribution < 1.29 is 4.74 Å². The smallest absolute Gasteiger partial charge is 0.232 e. The SMILES string of the molecule is NCc1cnc(OC2CCC2)cn1. The fourth-order valence-electron chi connectivity index (χ4n) is 1.17. The van der Waals surface area contributed by atoms with Gasteiger partial charge in [-0.05, 0) is 19.3 Å². The summed E-state index contributed by atoms with van der Waals surface area (Å²) in [6.45, 7) is 0.427. The van der Waals surface area contributed by atoms with Gasteiger partial charge in [0, 0.05) is 6.54 Å². The van der Waals surface area contributed by atoms with Crippen LogP contribution in [0.15, 0.2) is 12.4 Å². The Balaban J connectivity index is 1.96. The molecule has 0 atom stereocenters. The highest BCUT2D eigenvalue weighted by atomic mass is 16.5. The molecule has 1 aromatic rings. The fourth-order valence-corrected chi connectivity index (χ4v) is 1.17. The predicted octanol–water partition coefficient (Wildman–Crippen LogP) is 0.867. The van der Waals surface area contributed by atoms with Crippen LogP contribution in [0, 0.1) is 0 Å². The van der Waals surface area contributed by atoms with Crippen molar-refractivity contribution >= 4 is 0 Å². The number of aromatic nitrogens is 2. The summed E-state index contributed by atoms with van der Waals surface area (Å²) in [5.74, 6) is 0.613. The third-order valence-electron chi connectivity index (χ3n) is 2.23. The normalized spacial score (nSPS) is 16.7. The molecule has 13 heavy (non-hydrogen) atoms. The Bertz CT molecular complexity index is 269. The van der Waals surface area contributed by atoms with Crippen LogP contribution in [0.2, 0.25) is 0 Å². The predicted molar refractivity (Wildman–Crippen MR) is 48.2 cm³/mol. The zero-order valence-corrected chi connectivity index (χ0v) is 7.44. The quantitative estimate of drug-likeness (QED) is 0.747. The molecule has 0 bridgehead atoms. The van der Waals surface area contributed by atoms with E-state index < -0.39 is 0 Å². The number of ether oxygens (including phenoxy) is 1. The van der Waals surface area contributed by atoms with E-state index in [0.29, 0.717) is 18.5 Å². The van der Waals surface area contributed by atoms with Gasteiger partial charge in [0.25, 0.3) is 0 Å². The lowest BCUT2D eigenvalue weighted by Crippen LogP contribution is -2.25. The van der Waals surface area contributed by atoms with Gasteiger partial charge in [-0.3, -0.25) is 4.98 Å². The van der Waals surface area contributed by atoms with E-state index in [4.69, 9.17) is 10.5 Å². The summed E-state index contributed by atoms with van der Waals surface area (Å²) < 4.78 is 5.54. The van der Waals surface area contributed by atoms with Gasteiger partial charge in [0.15, 0.2) is 0 Å². The molecular formula is C9H13N3O.